The first-order valence-corrected chi connectivity index (χ1v) is 8.05. The zero-order valence-electron chi connectivity index (χ0n) is 13.4. The number of nitrogens with one attached hydrogen (secondary N) is 1. The topological polar surface area (TPSA) is 112 Å². The van der Waals surface area contributed by atoms with Crippen LogP contribution in [0.15, 0.2) is 29.7 Å². The van der Waals surface area contributed by atoms with E-state index < -0.39 is 4.92 Å². The van der Waals surface area contributed by atoms with Crippen LogP contribution < -0.4 is 10.1 Å². The van der Waals surface area contributed by atoms with Crippen molar-refractivity contribution in [2.45, 2.75) is 25.0 Å². The van der Waals surface area contributed by atoms with Gasteiger partial charge in [-0.05, 0) is 19.9 Å². The van der Waals surface area contributed by atoms with Gasteiger partial charge in [-0.15, -0.1) is 10.2 Å². The van der Waals surface area contributed by atoms with Crippen LogP contribution in [-0.4, -0.2) is 38.5 Å². The average molecular weight is 351 g/mol. The van der Waals surface area contributed by atoms with Gasteiger partial charge in [-0.3, -0.25) is 14.9 Å². The van der Waals surface area contributed by atoms with E-state index in [-0.39, 0.29) is 29.1 Å². The van der Waals surface area contributed by atoms with Gasteiger partial charge in [0.2, 0.25) is 5.91 Å². The molecule has 0 spiro atoms. The third-order valence-electron chi connectivity index (χ3n) is 3.10. The molecular weight excluding hydrogens is 334 g/mol. The molecule has 0 unspecified atom stereocenters. The van der Waals surface area contributed by atoms with Crippen molar-refractivity contribution in [2.24, 2.45) is 0 Å². The van der Waals surface area contributed by atoms with Gasteiger partial charge in [0.1, 0.15) is 12.1 Å². The highest BCUT2D eigenvalue weighted by Crippen LogP contribution is 2.29. The molecule has 1 heterocycles. The highest BCUT2D eigenvalue weighted by Gasteiger charge is 2.15. The van der Waals surface area contributed by atoms with Crippen LogP contribution in [0.1, 0.15) is 19.9 Å². The van der Waals surface area contributed by atoms with E-state index in [0.717, 1.165) is 0 Å². The summed E-state index contributed by atoms with van der Waals surface area (Å²) in [5.41, 5.74) is 0.126. The lowest BCUT2D eigenvalue weighted by atomic mass is 10.2. The van der Waals surface area contributed by atoms with E-state index in [1.165, 1.54) is 37.1 Å². The van der Waals surface area contributed by atoms with Gasteiger partial charge in [0.25, 0.3) is 5.69 Å². The standard InChI is InChI=1S/C14H17N5O4S/c1-9(2)18-8-15-17-14(18)24-7-13(20)16-11-6-10(19(21)22)4-5-12(11)23-3/h4-6,8-9H,7H2,1-3H3,(H,16,20). The predicted octanol–water partition coefficient (Wildman–Crippen LogP) is 2.51. The van der Waals surface area contributed by atoms with Crippen LogP contribution in [0.2, 0.25) is 0 Å². The first kappa shape index (κ1) is 17.7. The Balaban J connectivity index is 2.05. The number of anilines is 1. The normalized spacial score (nSPS) is 10.7. The van der Waals surface area contributed by atoms with Crippen molar-refractivity contribution in [1.29, 1.82) is 0 Å². The average Bonchev–Trinajstić information content (AvgIpc) is 3.01. The zero-order chi connectivity index (χ0) is 17.7. The molecule has 0 radical (unpaired) electrons. The van der Waals surface area contributed by atoms with Crippen molar-refractivity contribution in [3.63, 3.8) is 0 Å². The number of ether oxygens (including phenoxy) is 1. The van der Waals surface area contributed by atoms with Crippen LogP contribution in [-0.2, 0) is 4.79 Å². The number of nitro groups is 1. The van der Waals surface area contributed by atoms with E-state index in [9.17, 15) is 14.9 Å². The Morgan fingerprint density at radius 2 is 2.25 bits per heavy atom. The van der Waals surface area contributed by atoms with E-state index in [0.29, 0.717) is 10.9 Å². The summed E-state index contributed by atoms with van der Waals surface area (Å²) in [6.45, 7) is 3.98. The second-order valence-electron chi connectivity index (χ2n) is 5.09. The maximum Gasteiger partial charge on any atom is 0.271 e. The monoisotopic (exact) mass is 351 g/mol. The fourth-order valence-electron chi connectivity index (χ4n) is 1.91. The Labute approximate surface area is 142 Å². The van der Waals surface area contributed by atoms with Gasteiger partial charge in [0, 0.05) is 18.2 Å². The van der Waals surface area contributed by atoms with E-state index in [1.54, 1.807) is 6.33 Å². The summed E-state index contributed by atoms with van der Waals surface area (Å²) in [6.07, 6.45) is 1.61. The summed E-state index contributed by atoms with van der Waals surface area (Å²) in [5, 5.41) is 21.9. The molecule has 0 saturated heterocycles. The summed E-state index contributed by atoms with van der Waals surface area (Å²) in [4.78, 5) is 22.4. The van der Waals surface area contributed by atoms with Gasteiger partial charge in [-0.25, -0.2) is 0 Å². The Bertz CT molecular complexity index is 747. The third kappa shape index (κ3) is 4.22. The number of rotatable bonds is 7. The minimum atomic E-state index is -0.533. The largest absolute Gasteiger partial charge is 0.495 e. The summed E-state index contributed by atoms with van der Waals surface area (Å²) >= 11 is 1.24. The van der Waals surface area contributed by atoms with Crippen molar-refractivity contribution in [3.8, 4) is 5.75 Å². The predicted molar refractivity (Wildman–Crippen MR) is 89.4 cm³/mol. The van der Waals surface area contributed by atoms with Crippen molar-refractivity contribution >= 4 is 29.0 Å². The maximum atomic E-state index is 12.1. The molecular formula is C14H17N5O4S. The van der Waals surface area contributed by atoms with E-state index in [2.05, 4.69) is 15.5 Å². The van der Waals surface area contributed by atoms with E-state index in [4.69, 9.17) is 4.74 Å². The molecule has 0 aliphatic rings. The molecule has 0 aliphatic heterocycles. The van der Waals surface area contributed by atoms with Gasteiger partial charge in [0.15, 0.2) is 5.16 Å². The number of aromatic nitrogens is 3. The van der Waals surface area contributed by atoms with Crippen LogP contribution in [0.25, 0.3) is 0 Å². The summed E-state index contributed by atoms with van der Waals surface area (Å²) in [7, 11) is 1.43. The highest BCUT2D eigenvalue weighted by molar-refractivity contribution is 7.99. The molecule has 10 heteroatoms. The number of hydrogen-bond donors (Lipinski definition) is 1. The van der Waals surface area contributed by atoms with Crippen LogP contribution in [0, 0.1) is 10.1 Å². The molecule has 0 fully saturated rings. The number of nitro benzene ring substituents is 1. The van der Waals surface area contributed by atoms with Gasteiger partial charge >= 0.3 is 0 Å². The number of hydrogen-bond acceptors (Lipinski definition) is 7. The molecule has 9 nitrogen and oxygen atoms in total. The van der Waals surface area contributed by atoms with Crippen LogP contribution in [0.4, 0.5) is 11.4 Å². The third-order valence-corrected chi connectivity index (χ3v) is 4.05. The first-order chi connectivity index (χ1) is 11.4. The van der Waals surface area contributed by atoms with Gasteiger partial charge in [-0.2, -0.15) is 0 Å². The van der Waals surface area contributed by atoms with Crippen molar-refractivity contribution in [1.82, 2.24) is 14.8 Å². The van der Waals surface area contributed by atoms with Gasteiger partial charge in [-0.1, -0.05) is 11.8 Å². The molecule has 0 aliphatic carbocycles. The number of carbonyl (C=O) groups is 1. The molecule has 24 heavy (non-hydrogen) atoms. The van der Waals surface area contributed by atoms with Crippen LogP contribution >= 0.6 is 11.8 Å². The zero-order valence-corrected chi connectivity index (χ0v) is 14.2. The molecule has 128 valence electrons. The van der Waals surface area contributed by atoms with Crippen LogP contribution in [0.3, 0.4) is 0 Å². The lowest BCUT2D eigenvalue weighted by Gasteiger charge is -2.11. The van der Waals surface area contributed by atoms with Gasteiger partial charge < -0.3 is 14.6 Å². The molecule has 0 bridgehead atoms. The number of benzene rings is 1. The molecule has 0 atom stereocenters. The second-order valence-corrected chi connectivity index (χ2v) is 6.04. The minimum absolute atomic E-state index is 0.0945. The number of carbonyl (C=O) groups excluding carboxylic acids is 1. The van der Waals surface area contributed by atoms with Crippen molar-refractivity contribution in [3.05, 3.63) is 34.6 Å². The molecule has 1 aromatic carbocycles. The van der Waals surface area contributed by atoms with Crippen molar-refractivity contribution < 1.29 is 14.5 Å². The Hall–Kier alpha value is -2.62. The number of thioether (sulfide) groups is 1. The summed E-state index contributed by atoms with van der Waals surface area (Å²) in [6, 6.07) is 4.20. The Morgan fingerprint density at radius 3 is 2.88 bits per heavy atom. The molecule has 0 saturated carbocycles. The molecule has 1 amide bonds. The lowest BCUT2D eigenvalue weighted by Crippen LogP contribution is -2.15. The summed E-state index contributed by atoms with van der Waals surface area (Å²) < 4.78 is 6.96. The quantitative estimate of drug-likeness (QED) is 0.463. The van der Waals surface area contributed by atoms with Crippen molar-refractivity contribution in [2.75, 3.05) is 18.2 Å². The maximum absolute atomic E-state index is 12.1. The fourth-order valence-corrected chi connectivity index (χ4v) is 2.76. The fraction of sp³-hybridized carbons (Fsp3) is 0.357. The molecule has 1 N–H and O–H groups in total. The number of methoxy groups -OCH3 is 1. The SMILES string of the molecule is COc1ccc([N+](=O)[O-])cc1NC(=O)CSc1nncn1C(C)C. The number of amides is 1. The Morgan fingerprint density at radius 1 is 1.50 bits per heavy atom. The summed E-state index contributed by atoms with van der Waals surface area (Å²) in [5.74, 6) is 0.124. The Kier molecular flexibility index (Phi) is 5.74. The molecule has 2 aromatic rings. The number of non-ortho nitro benzene ring substituents is 1. The molecule has 1 aromatic heterocycles. The highest BCUT2D eigenvalue weighted by atomic mass is 32.2. The van der Waals surface area contributed by atoms with E-state index in [1.807, 2.05) is 18.4 Å². The lowest BCUT2D eigenvalue weighted by molar-refractivity contribution is -0.384. The van der Waals surface area contributed by atoms with Gasteiger partial charge in [0.05, 0.1) is 23.5 Å². The van der Waals surface area contributed by atoms with Crippen LogP contribution in [0.5, 0.6) is 5.75 Å². The smallest absolute Gasteiger partial charge is 0.271 e. The second kappa shape index (κ2) is 7.77. The minimum Gasteiger partial charge on any atom is -0.495 e. The molecule has 2 rings (SSSR count). The van der Waals surface area contributed by atoms with E-state index >= 15 is 0 Å². The number of nitrogens with zero attached hydrogens (tertiary/aromatic N) is 4. The first-order valence-electron chi connectivity index (χ1n) is 7.07.